The highest BCUT2D eigenvalue weighted by Gasteiger charge is 2.33. The third-order valence-corrected chi connectivity index (χ3v) is 5.47. The molecular weight excluding hydrogens is 276 g/mol. The summed E-state index contributed by atoms with van der Waals surface area (Å²) in [5.41, 5.74) is 0. The zero-order valence-electron chi connectivity index (χ0n) is 9.87. The summed E-state index contributed by atoms with van der Waals surface area (Å²) in [5.74, 6) is -0.0570. The Hall–Kier alpha value is -1.10. The number of hydrogen-bond donors (Lipinski definition) is 0. The lowest BCUT2D eigenvalue weighted by Crippen LogP contribution is -2.39. The Kier molecular flexibility index (Phi) is 3.61. The van der Waals surface area contributed by atoms with E-state index in [2.05, 4.69) is 11.2 Å². The average Bonchev–Trinajstić information content (AvgIpc) is 2.69. The quantitative estimate of drug-likeness (QED) is 0.813. The van der Waals surface area contributed by atoms with Crippen LogP contribution in [0.2, 0.25) is 5.02 Å². The molecular formula is C10H13ClN4O2S. The number of nitriles is 1. The summed E-state index contributed by atoms with van der Waals surface area (Å²) in [5, 5.41) is 12.8. The standard InChI is InChI=1S/C10H13ClN4O2S/c1-14-10(9(11)7-13-14)18(16,17)15-4-2-8(6-12)3-5-15/h7-8H,2-5H2,1H3. The van der Waals surface area contributed by atoms with E-state index in [9.17, 15) is 8.42 Å². The number of hydrogen-bond acceptors (Lipinski definition) is 4. The van der Waals surface area contributed by atoms with Gasteiger partial charge in [-0.15, -0.1) is 0 Å². The first-order chi connectivity index (χ1) is 8.46. The molecule has 8 heteroatoms. The Labute approximate surface area is 111 Å². The minimum atomic E-state index is -3.62. The smallest absolute Gasteiger partial charge is 0.255 e. The molecule has 6 nitrogen and oxygen atoms in total. The van der Waals surface area contributed by atoms with Gasteiger partial charge in [0.1, 0.15) is 0 Å². The Bertz CT molecular complexity index is 562. The number of nitrogens with zero attached hydrogens (tertiary/aromatic N) is 4. The zero-order chi connectivity index (χ0) is 13.3. The van der Waals surface area contributed by atoms with Crippen molar-refractivity contribution in [3.63, 3.8) is 0 Å². The number of piperidine rings is 1. The van der Waals surface area contributed by atoms with Gasteiger partial charge in [-0.1, -0.05) is 11.6 Å². The fourth-order valence-electron chi connectivity index (χ4n) is 2.04. The molecule has 0 N–H and O–H groups in total. The van der Waals surface area contributed by atoms with Crippen LogP contribution in [-0.4, -0.2) is 35.6 Å². The summed E-state index contributed by atoms with van der Waals surface area (Å²) in [4.78, 5) is 0. The van der Waals surface area contributed by atoms with Gasteiger partial charge >= 0.3 is 0 Å². The van der Waals surface area contributed by atoms with Crippen LogP contribution < -0.4 is 0 Å². The molecule has 0 radical (unpaired) electrons. The third-order valence-electron chi connectivity index (χ3n) is 3.06. The predicted octanol–water partition coefficient (Wildman–Crippen LogP) is 0.998. The van der Waals surface area contributed by atoms with E-state index in [0.717, 1.165) is 0 Å². The summed E-state index contributed by atoms with van der Waals surface area (Å²) in [6, 6.07) is 2.17. The van der Waals surface area contributed by atoms with Gasteiger partial charge in [0.2, 0.25) is 0 Å². The summed E-state index contributed by atoms with van der Waals surface area (Å²) in [7, 11) is -2.08. The second-order valence-electron chi connectivity index (χ2n) is 4.23. The lowest BCUT2D eigenvalue weighted by atomic mass is 10.0. The second kappa shape index (κ2) is 4.88. The molecule has 2 rings (SSSR count). The minimum Gasteiger partial charge on any atom is -0.255 e. The Balaban J connectivity index is 2.26. The zero-order valence-corrected chi connectivity index (χ0v) is 11.4. The highest BCUT2D eigenvalue weighted by molar-refractivity contribution is 7.89. The van der Waals surface area contributed by atoms with Crippen LogP contribution in [0.25, 0.3) is 0 Å². The summed E-state index contributed by atoms with van der Waals surface area (Å²) < 4.78 is 27.4. The first-order valence-electron chi connectivity index (χ1n) is 5.54. The molecule has 0 amide bonds. The van der Waals surface area contributed by atoms with E-state index in [0.29, 0.717) is 25.9 Å². The molecule has 18 heavy (non-hydrogen) atoms. The SMILES string of the molecule is Cn1ncc(Cl)c1S(=O)(=O)N1CCC(C#N)CC1. The number of sulfonamides is 1. The molecule has 98 valence electrons. The molecule has 0 saturated carbocycles. The molecule has 0 aliphatic carbocycles. The average molecular weight is 289 g/mol. The molecule has 1 aliphatic heterocycles. The van der Waals surface area contributed by atoms with Crippen LogP contribution >= 0.6 is 11.6 Å². The lowest BCUT2D eigenvalue weighted by molar-refractivity contribution is 0.308. The van der Waals surface area contributed by atoms with Crippen molar-refractivity contribution in [3.05, 3.63) is 11.2 Å². The molecule has 0 atom stereocenters. The minimum absolute atomic E-state index is 0.0135. The van der Waals surface area contributed by atoms with Crippen molar-refractivity contribution >= 4 is 21.6 Å². The molecule has 1 saturated heterocycles. The Morgan fingerprint density at radius 1 is 1.50 bits per heavy atom. The van der Waals surface area contributed by atoms with Gasteiger partial charge in [0.25, 0.3) is 10.0 Å². The van der Waals surface area contributed by atoms with E-state index in [1.807, 2.05) is 0 Å². The molecule has 2 heterocycles. The second-order valence-corrected chi connectivity index (χ2v) is 6.49. The van der Waals surface area contributed by atoms with E-state index < -0.39 is 10.0 Å². The molecule has 0 aromatic carbocycles. The van der Waals surface area contributed by atoms with E-state index >= 15 is 0 Å². The molecule has 0 unspecified atom stereocenters. The van der Waals surface area contributed by atoms with Gasteiger partial charge < -0.3 is 0 Å². The molecule has 1 aromatic rings. The fraction of sp³-hybridized carbons (Fsp3) is 0.600. The highest BCUT2D eigenvalue weighted by Crippen LogP contribution is 2.27. The van der Waals surface area contributed by atoms with E-state index in [1.54, 1.807) is 7.05 Å². The lowest BCUT2D eigenvalue weighted by Gasteiger charge is -2.28. The topological polar surface area (TPSA) is 79.0 Å². The normalized spacial score (nSPS) is 18.7. The summed E-state index contributed by atoms with van der Waals surface area (Å²) in [6.07, 6.45) is 2.44. The summed E-state index contributed by atoms with van der Waals surface area (Å²) >= 11 is 5.86. The first kappa shape index (κ1) is 13.3. The van der Waals surface area contributed by atoms with Gasteiger partial charge in [-0.3, -0.25) is 4.68 Å². The van der Waals surface area contributed by atoms with Crippen LogP contribution in [0, 0.1) is 17.2 Å². The van der Waals surface area contributed by atoms with Crippen molar-refractivity contribution in [3.8, 4) is 6.07 Å². The number of aromatic nitrogens is 2. The molecule has 0 spiro atoms. The van der Waals surface area contributed by atoms with Crippen molar-refractivity contribution in [1.29, 1.82) is 5.26 Å². The Morgan fingerprint density at radius 2 is 2.11 bits per heavy atom. The highest BCUT2D eigenvalue weighted by atomic mass is 35.5. The van der Waals surface area contributed by atoms with Crippen molar-refractivity contribution in [2.24, 2.45) is 13.0 Å². The predicted molar refractivity (Wildman–Crippen MR) is 65.3 cm³/mol. The number of rotatable bonds is 2. The van der Waals surface area contributed by atoms with E-state index in [1.165, 1.54) is 15.2 Å². The fourth-order valence-corrected chi connectivity index (χ4v) is 4.11. The largest absolute Gasteiger partial charge is 0.261 e. The van der Waals surface area contributed by atoms with Crippen molar-refractivity contribution < 1.29 is 8.42 Å². The van der Waals surface area contributed by atoms with E-state index in [-0.39, 0.29) is 16.0 Å². The van der Waals surface area contributed by atoms with Crippen LogP contribution in [0.15, 0.2) is 11.2 Å². The summed E-state index contributed by atoms with van der Waals surface area (Å²) in [6.45, 7) is 0.699. The molecule has 1 fully saturated rings. The molecule has 1 aliphatic rings. The monoisotopic (exact) mass is 288 g/mol. The van der Waals surface area contributed by atoms with Gasteiger partial charge in [-0.05, 0) is 12.8 Å². The van der Waals surface area contributed by atoms with Gasteiger partial charge in [0, 0.05) is 26.1 Å². The van der Waals surface area contributed by atoms with Crippen LogP contribution in [0.1, 0.15) is 12.8 Å². The van der Waals surface area contributed by atoms with E-state index in [4.69, 9.17) is 16.9 Å². The van der Waals surface area contributed by atoms with Crippen molar-refractivity contribution in [1.82, 2.24) is 14.1 Å². The van der Waals surface area contributed by atoms with Crippen LogP contribution in [-0.2, 0) is 17.1 Å². The van der Waals surface area contributed by atoms with Crippen LogP contribution in [0.4, 0.5) is 0 Å². The van der Waals surface area contributed by atoms with Crippen LogP contribution in [0.5, 0.6) is 0 Å². The van der Waals surface area contributed by atoms with Crippen LogP contribution in [0.3, 0.4) is 0 Å². The van der Waals surface area contributed by atoms with Gasteiger partial charge in [0.05, 0.1) is 17.3 Å². The number of aryl methyl sites for hydroxylation is 1. The van der Waals surface area contributed by atoms with Gasteiger partial charge in [0.15, 0.2) is 5.03 Å². The number of halogens is 1. The first-order valence-corrected chi connectivity index (χ1v) is 7.36. The maximum absolute atomic E-state index is 12.4. The maximum Gasteiger partial charge on any atom is 0.261 e. The van der Waals surface area contributed by atoms with Gasteiger partial charge in [-0.25, -0.2) is 8.42 Å². The van der Waals surface area contributed by atoms with Crippen molar-refractivity contribution in [2.75, 3.05) is 13.1 Å². The molecule has 0 bridgehead atoms. The Morgan fingerprint density at radius 3 is 2.56 bits per heavy atom. The maximum atomic E-state index is 12.4. The molecule has 1 aromatic heterocycles. The third kappa shape index (κ3) is 2.23. The van der Waals surface area contributed by atoms with Gasteiger partial charge in [-0.2, -0.15) is 14.7 Å². The van der Waals surface area contributed by atoms with Crippen molar-refractivity contribution in [2.45, 2.75) is 17.9 Å².